The van der Waals surface area contributed by atoms with Gasteiger partial charge >= 0.3 is 0 Å². The summed E-state index contributed by atoms with van der Waals surface area (Å²) in [4.78, 5) is 16.0. The molecule has 1 amide bonds. The average Bonchev–Trinajstić information content (AvgIpc) is 2.66. The Morgan fingerprint density at radius 1 is 1.20 bits per heavy atom. The van der Waals surface area contributed by atoms with Gasteiger partial charge in [-0.2, -0.15) is 0 Å². The van der Waals surface area contributed by atoms with Crippen LogP contribution in [0.2, 0.25) is 0 Å². The Morgan fingerprint density at radius 2 is 1.88 bits per heavy atom. The maximum Gasteiger partial charge on any atom is 0.220 e. The van der Waals surface area contributed by atoms with E-state index in [1.165, 1.54) is 4.90 Å². The molecule has 1 fully saturated rings. The fourth-order valence-corrected chi connectivity index (χ4v) is 4.29. The van der Waals surface area contributed by atoms with Gasteiger partial charge in [0.2, 0.25) is 5.91 Å². The first-order valence-corrected chi connectivity index (χ1v) is 10.5. The first-order chi connectivity index (χ1) is 12.2. The number of carbonyl (C=O) groups is 1. The molecule has 1 aliphatic heterocycles. The zero-order valence-electron chi connectivity index (χ0n) is 15.6. The van der Waals surface area contributed by atoms with Gasteiger partial charge in [0.1, 0.15) is 0 Å². The van der Waals surface area contributed by atoms with Crippen LogP contribution in [0.3, 0.4) is 0 Å². The average molecular weight is 365 g/mol. The van der Waals surface area contributed by atoms with E-state index in [1.54, 1.807) is 11.8 Å². The van der Waals surface area contributed by atoms with Crippen LogP contribution < -0.4 is 5.32 Å². The minimum atomic E-state index is 0.160. The van der Waals surface area contributed by atoms with E-state index >= 15 is 0 Å². The van der Waals surface area contributed by atoms with E-state index in [4.69, 9.17) is 4.74 Å². The molecule has 1 N–H and O–H groups in total. The molecule has 1 aliphatic rings. The first kappa shape index (κ1) is 20.3. The highest BCUT2D eigenvalue weighted by Crippen LogP contribution is 2.20. The highest BCUT2D eigenvalue weighted by Gasteiger charge is 2.27. The van der Waals surface area contributed by atoms with Crippen LogP contribution in [-0.4, -0.2) is 55.4 Å². The Morgan fingerprint density at radius 3 is 2.52 bits per heavy atom. The lowest BCUT2D eigenvalue weighted by Crippen LogP contribution is -2.52. The summed E-state index contributed by atoms with van der Waals surface area (Å²) in [6.07, 6.45) is 2.87. The number of morpholine rings is 1. The third kappa shape index (κ3) is 7.00. The van der Waals surface area contributed by atoms with Gasteiger partial charge in [-0.05, 0) is 18.1 Å². The standard InChI is InChI=1S/C20H32N2O2S/c1-3-17(4-2)19(22-11-13-24-14-12-22)16-21-20(23)10-15-25-18-8-6-5-7-9-18/h5-9,17,19H,3-4,10-16H2,1-2H3,(H,21,23). The minimum Gasteiger partial charge on any atom is -0.379 e. The second kappa shape index (κ2) is 11.6. The van der Waals surface area contributed by atoms with Crippen LogP contribution in [0.25, 0.3) is 0 Å². The van der Waals surface area contributed by atoms with Gasteiger partial charge in [-0.3, -0.25) is 9.69 Å². The quantitative estimate of drug-likeness (QED) is 0.646. The van der Waals surface area contributed by atoms with Gasteiger partial charge in [0.05, 0.1) is 13.2 Å². The maximum atomic E-state index is 12.3. The smallest absolute Gasteiger partial charge is 0.220 e. The summed E-state index contributed by atoms with van der Waals surface area (Å²) in [6, 6.07) is 10.7. The van der Waals surface area contributed by atoms with Gasteiger partial charge in [0, 0.05) is 42.7 Å². The van der Waals surface area contributed by atoms with E-state index in [9.17, 15) is 4.79 Å². The molecule has 2 rings (SSSR count). The van der Waals surface area contributed by atoms with Crippen LogP contribution in [-0.2, 0) is 9.53 Å². The van der Waals surface area contributed by atoms with E-state index in [0.717, 1.165) is 51.4 Å². The van der Waals surface area contributed by atoms with Crippen LogP contribution in [0.4, 0.5) is 0 Å². The van der Waals surface area contributed by atoms with E-state index < -0.39 is 0 Å². The SMILES string of the molecule is CCC(CC)C(CNC(=O)CCSc1ccccc1)N1CCOCC1. The number of hydrogen-bond donors (Lipinski definition) is 1. The van der Waals surface area contributed by atoms with Crippen molar-refractivity contribution in [2.45, 2.75) is 44.0 Å². The lowest BCUT2D eigenvalue weighted by Gasteiger charge is -2.38. The normalized spacial score (nSPS) is 16.8. The molecule has 1 unspecified atom stereocenters. The predicted octanol–water partition coefficient (Wildman–Crippen LogP) is 3.42. The molecule has 0 bridgehead atoms. The molecule has 1 heterocycles. The van der Waals surface area contributed by atoms with E-state index in [-0.39, 0.29) is 5.91 Å². The molecule has 1 aromatic rings. The van der Waals surface area contributed by atoms with Crippen LogP contribution in [0.1, 0.15) is 33.1 Å². The molecule has 0 radical (unpaired) electrons. The Kier molecular flexibility index (Phi) is 9.37. The highest BCUT2D eigenvalue weighted by atomic mass is 32.2. The third-order valence-electron chi connectivity index (χ3n) is 4.96. The molecule has 140 valence electrons. The lowest BCUT2D eigenvalue weighted by atomic mass is 9.92. The van der Waals surface area contributed by atoms with Crippen LogP contribution >= 0.6 is 11.8 Å². The molecule has 25 heavy (non-hydrogen) atoms. The molecular formula is C20H32N2O2S. The predicted molar refractivity (Wildman–Crippen MR) is 105 cm³/mol. The highest BCUT2D eigenvalue weighted by molar-refractivity contribution is 7.99. The number of carbonyl (C=O) groups excluding carboxylic acids is 1. The van der Waals surface area contributed by atoms with Crippen molar-refractivity contribution in [3.63, 3.8) is 0 Å². The van der Waals surface area contributed by atoms with Crippen LogP contribution in [0, 0.1) is 5.92 Å². The van der Waals surface area contributed by atoms with E-state index in [0.29, 0.717) is 18.4 Å². The van der Waals surface area contributed by atoms with Crippen molar-refractivity contribution < 1.29 is 9.53 Å². The summed E-state index contributed by atoms with van der Waals surface area (Å²) in [6.45, 7) is 8.81. The maximum absolute atomic E-state index is 12.3. The summed E-state index contributed by atoms with van der Waals surface area (Å²) in [5, 5.41) is 3.18. The number of amides is 1. The fraction of sp³-hybridized carbons (Fsp3) is 0.650. The largest absolute Gasteiger partial charge is 0.379 e. The van der Waals surface area contributed by atoms with Crippen LogP contribution in [0.15, 0.2) is 35.2 Å². The molecule has 5 heteroatoms. The van der Waals surface area contributed by atoms with Crippen molar-refractivity contribution in [3.05, 3.63) is 30.3 Å². The van der Waals surface area contributed by atoms with Gasteiger partial charge in [-0.25, -0.2) is 0 Å². The number of ether oxygens (including phenoxy) is 1. The Balaban J connectivity index is 1.77. The molecule has 1 atom stereocenters. The second-order valence-corrected chi connectivity index (χ2v) is 7.68. The lowest BCUT2D eigenvalue weighted by molar-refractivity contribution is -0.121. The third-order valence-corrected chi connectivity index (χ3v) is 5.97. The van der Waals surface area contributed by atoms with Gasteiger partial charge < -0.3 is 10.1 Å². The van der Waals surface area contributed by atoms with Crippen molar-refractivity contribution in [1.29, 1.82) is 0 Å². The number of benzene rings is 1. The molecular weight excluding hydrogens is 332 g/mol. The molecule has 0 saturated carbocycles. The summed E-state index contributed by atoms with van der Waals surface area (Å²) in [5.74, 6) is 1.60. The number of nitrogens with zero attached hydrogens (tertiary/aromatic N) is 1. The number of thioether (sulfide) groups is 1. The zero-order valence-corrected chi connectivity index (χ0v) is 16.4. The molecule has 1 aromatic carbocycles. The Hall–Kier alpha value is -1.04. The van der Waals surface area contributed by atoms with Crippen molar-refractivity contribution in [3.8, 4) is 0 Å². The van der Waals surface area contributed by atoms with Crippen molar-refractivity contribution in [2.75, 3.05) is 38.6 Å². The molecule has 0 aromatic heterocycles. The van der Waals surface area contributed by atoms with Crippen molar-refractivity contribution in [1.82, 2.24) is 10.2 Å². The summed E-state index contributed by atoms with van der Waals surface area (Å²) < 4.78 is 5.49. The summed E-state index contributed by atoms with van der Waals surface area (Å²) >= 11 is 1.74. The summed E-state index contributed by atoms with van der Waals surface area (Å²) in [5.41, 5.74) is 0. The van der Waals surface area contributed by atoms with E-state index in [1.807, 2.05) is 18.2 Å². The van der Waals surface area contributed by atoms with Crippen LogP contribution in [0.5, 0.6) is 0 Å². The Labute approximate surface area is 156 Å². The number of nitrogens with one attached hydrogen (secondary N) is 1. The topological polar surface area (TPSA) is 41.6 Å². The van der Waals surface area contributed by atoms with Gasteiger partial charge in [-0.15, -0.1) is 11.8 Å². The molecule has 0 aliphatic carbocycles. The molecule has 4 nitrogen and oxygen atoms in total. The van der Waals surface area contributed by atoms with E-state index in [2.05, 4.69) is 36.2 Å². The summed E-state index contributed by atoms with van der Waals surface area (Å²) in [7, 11) is 0. The zero-order chi connectivity index (χ0) is 17.9. The molecule has 0 spiro atoms. The van der Waals surface area contributed by atoms with Gasteiger partial charge in [-0.1, -0.05) is 44.9 Å². The van der Waals surface area contributed by atoms with Crippen molar-refractivity contribution >= 4 is 17.7 Å². The Bertz CT molecular complexity index is 488. The number of rotatable bonds is 10. The minimum absolute atomic E-state index is 0.160. The van der Waals surface area contributed by atoms with Gasteiger partial charge in [0.15, 0.2) is 0 Å². The first-order valence-electron chi connectivity index (χ1n) is 9.51. The molecule has 1 saturated heterocycles. The second-order valence-electron chi connectivity index (χ2n) is 6.51. The van der Waals surface area contributed by atoms with Gasteiger partial charge in [0.25, 0.3) is 0 Å². The monoisotopic (exact) mass is 364 g/mol. The van der Waals surface area contributed by atoms with Crippen molar-refractivity contribution in [2.24, 2.45) is 5.92 Å². The fourth-order valence-electron chi connectivity index (χ4n) is 3.42. The number of hydrogen-bond acceptors (Lipinski definition) is 4.